The summed E-state index contributed by atoms with van der Waals surface area (Å²) in [7, 11) is -3.58. The molecule has 1 heterocycles. The van der Waals surface area contributed by atoms with Crippen molar-refractivity contribution >= 4 is 27.8 Å². The number of benzene rings is 3. The zero-order valence-corrected chi connectivity index (χ0v) is 25.7. The number of carbonyl (C=O) groups is 1. The maximum absolute atomic E-state index is 13.9. The number of sulfonamides is 1. The SMILES string of the molecule is N#Cc1cccc([C@]23CC[C@@H](N(CC4CCN(S(=O)(=O)C=Cc5ccccc5)CC4)C(=O)Nc4ccc(F)c(F)c4)CC2C3)c1. The third-order valence-electron chi connectivity index (χ3n) is 9.77. The van der Waals surface area contributed by atoms with E-state index in [1.54, 1.807) is 6.08 Å². The summed E-state index contributed by atoms with van der Waals surface area (Å²) in [5, 5.41) is 13.4. The molecule has 1 aliphatic heterocycles. The summed E-state index contributed by atoms with van der Waals surface area (Å²) >= 11 is 0. The zero-order valence-electron chi connectivity index (χ0n) is 24.9. The van der Waals surface area contributed by atoms with Gasteiger partial charge in [-0.1, -0.05) is 42.5 Å². The predicted molar refractivity (Wildman–Crippen MR) is 169 cm³/mol. The molecule has 1 saturated heterocycles. The van der Waals surface area contributed by atoms with E-state index in [9.17, 15) is 27.3 Å². The monoisotopic (exact) mass is 630 g/mol. The van der Waals surface area contributed by atoms with Gasteiger partial charge in [-0.25, -0.2) is 22.0 Å². The fourth-order valence-electron chi connectivity index (χ4n) is 7.15. The highest BCUT2D eigenvalue weighted by molar-refractivity contribution is 7.92. The van der Waals surface area contributed by atoms with Crippen molar-refractivity contribution < 1.29 is 22.0 Å². The Hall–Kier alpha value is -4.07. The first-order chi connectivity index (χ1) is 21.7. The van der Waals surface area contributed by atoms with Crippen molar-refractivity contribution in [1.82, 2.24) is 9.21 Å². The zero-order chi connectivity index (χ0) is 31.6. The lowest BCUT2D eigenvalue weighted by atomic mass is 9.79. The van der Waals surface area contributed by atoms with E-state index in [1.165, 1.54) is 21.3 Å². The van der Waals surface area contributed by atoms with Crippen LogP contribution in [0.1, 0.15) is 55.2 Å². The van der Waals surface area contributed by atoms with Crippen LogP contribution in [0.3, 0.4) is 0 Å². The van der Waals surface area contributed by atoms with Gasteiger partial charge in [0, 0.05) is 42.8 Å². The molecule has 0 spiro atoms. The lowest BCUT2D eigenvalue weighted by Crippen LogP contribution is -2.49. The molecule has 3 aromatic carbocycles. The van der Waals surface area contributed by atoms with E-state index in [2.05, 4.69) is 17.5 Å². The number of hydrogen-bond acceptors (Lipinski definition) is 4. The molecule has 1 unspecified atom stereocenters. The van der Waals surface area contributed by atoms with Crippen LogP contribution in [-0.2, 0) is 15.4 Å². The first kappa shape index (κ1) is 30.9. The molecule has 3 fully saturated rings. The summed E-state index contributed by atoms with van der Waals surface area (Å²) in [6.07, 6.45) is 6.28. The van der Waals surface area contributed by atoms with E-state index in [4.69, 9.17) is 0 Å². The molecule has 1 N–H and O–H groups in total. The van der Waals surface area contributed by atoms with Gasteiger partial charge in [-0.2, -0.15) is 9.57 Å². The molecule has 7 nitrogen and oxygen atoms in total. The number of nitrogens with zero attached hydrogens (tertiary/aromatic N) is 3. The number of carbonyl (C=O) groups excluding carboxylic acids is 1. The van der Waals surface area contributed by atoms with Crippen molar-refractivity contribution in [3.8, 4) is 6.07 Å². The minimum Gasteiger partial charge on any atom is -0.321 e. The number of rotatable bonds is 8. The molecule has 2 aliphatic carbocycles. The molecule has 3 atom stereocenters. The van der Waals surface area contributed by atoms with E-state index in [0.717, 1.165) is 43.4 Å². The minimum absolute atomic E-state index is 0.0263. The average molecular weight is 631 g/mol. The number of amides is 2. The highest BCUT2D eigenvalue weighted by Gasteiger charge is 2.58. The van der Waals surface area contributed by atoms with Gasteiger partial charge in [-0.3, -0.25) is 0 Å². The normalized spacial score (nSPS) is 23.7. The Morgan fingerprint density at radius 3 is 2.51 bits per heavy atom. The molecule has 6 rings (SSSR count). The maximum atomic E-state index is 13.9. The molecular formula is C35H36F2N4O3S. The first-order valence-corrected chi connectivity index (χ1v) is 16.9. The summed E-state index contributed by atoms with van der Waals surface area (Å²) in [5.41, 5.74) is 2.84. The van der Waals surface area contributed by atoms with Gasteiger partial charge in [0.25, 0.3) is 0 Å². The second-order valence-corrected chi connectivity index (χ2v) is 14.3. The largest absolute Gasteiger partial charge is 0.322 e. The topological polar surface area (TPSA) is 93.5 Å². The van der Waals surface area contributed by atoms with Crippen LogP contribution in [0.2, 0.25) is 0 Å². The van der Waals surface area contributed by atoms with Gasteiger partial charge in [0.2, 0.25) is 10.0 Å². The highest BCUT2D eigenvalue weighted by atomic mass is 32.2. The minimum atomic E-state index is -3.58. The van der Waals surface area contributed by atoms with E-state index in [1.807, 2.05) is 53.4 Å². The van der Waals surface area contributed by atoms with Crippen molar-refractivity contribution in [2.45, 2.75) is 50.0 Å². The van der Waals surface area contributed by atoms with Crippen LogP contribution in [0.25, 0.3) is 6.08 Å². The molecule has 3 aromatic rings. The van der Waals surface area contributed by atoms with Crippen molar-refractivity contribution in [2.24, 2.45) is 11.8 Å². The standard InChI is InChI=1S/C35H36F2N4O3S/c36-32-10-9-30(21-33(32)37)39-34(42)41(31-11-15-35(22-29(35)20-31)28-8-4-7-27(19-28)23-38)24-26-12-16-40(17-13-26)45(43,44)18-14-25-5-2-1-3-6-25/h1-10,14,18-19,21,26,29,31H,11-13,15-17,20,22,24H2,(H,39,42)/t29?,31-,35-/m1/s1. The Morgan fingerprint density at radius 1 is 1.02 bits per heavy atom. The molecular weight excluding hydrogens is 594 g/mol. The second kappa shape index (κ2) is 12.7. The van der Waals surface area contributed by atoms with E-state index in [0.29, 0.717) is 44.0 Å². The van der Waals surface area contributed by atoms with Gasteiger partial charge >= 0.3 is 6.03 Å². The highest BCUT2D eigenvalue weighted by Crippen LogP contribution is 2.63. The number of fused-ring (bicyclic) bond motifs is 1. The summed E-state index contributed by atoms with van der Waals surface area (Å²) in [5.74, 6) is -1.55. The van der Waals surface area contributed by atoms with E-state index >= 15 is 0 Å². The number of nitrogens with one attached hydrogen (secondary N) is 1. The van der Waals surface area contributed by atoms with Crippen LogP contribution in [0.4, 0.5) is 19.3 Å². The molecule has 2 saturated carbocycles. The number of urea groups is 1. The van der Waals surface area contributed by atoms with Crippen LogP contribution >= 0.6 is 0 Å². The average Bonchev–Trinajstić information content (AvgIpc) is 3.80. The molecule has 2 amide bonds. The van der Waals surface area contributed by atoms with Crippen molar-refractivity contribution in [1.29, 1.82) is 5.26 Å². The van der Waals surface area contributed by atoms with Crippen LogP contribution in [-0.4, -0.2) is 49.3 Å². The summed E-state index contributed by atoms with van der Waals surface area (Å²) in [6, 6.07) is 22.2. The van der Waals surface area contributed by atoms with Crippen molar-refractivity contribution in [2.75, 3.05) is 25.0 Å². The number of piperidine rings is 1. The number of halogens is 2. The third-order valence-corrected chi connectivity index (χ3v) is 11.3. The summed E-state index contributed by atoms with van der Waals surface area (Å²) in [4.78, 5) is 15.6. The number of hydrogen-bond donors (Lipinski definition) is 1. The van der Waals surface area contributed by atoms with Gasteiger partial charge in [0.05, 0.1) is 11.6 Å². The lowest BCUT2D eigenvalue weighted by molar-refractivity contribution is 0.132. The van der Waals surface area contributed by atoms with Crippen LogP contribution < -0.4 is 5.32 Å². The van der Waals surface area contributed by atoms with Crippen LogP contribution in [0.5, 0.6) is 0 Å². The third kappa shape index (κ3) is 6.80. The molecule has 234 valence electrons. The molecule has 0 aromatic heterocycles. The van der Waals surface area contributed by atoms with Crippen LogP contribution in [0, 0.1) is 34.8 Å². The van der Waals surface area contributed by atoms with Gasteiger partial charge in [-0.05, 0) is 97.2 Å². The molecule has 10 heteroatoms. The maximum Gasteiger partial charge on any atom is 0.322 e. The van der Waals surface area contributed by atoms with Crippen molar-refractivity contribution in [3.63, 3.8) is 0 Å². The molecule has 45 heavy (non-hydrogen) atoms. The van der Waals surface area contributed by atoms with Gasteiger partial charge in [0.15, 0.2) is 11.6 Å². The fraction of sp³-hybridized carbons (Fsp3) is 0.371. The first-order valence-electron chi connectivity index (χ1n) is 15.4. The Balaban J connectivity index is 1.14. The molecule has 0 radical (unpaired) electrons. The molecule has 3 aliphatic rings. The Morgan fingerprint density at radius 2 is 1.80 bits per heavy atom. The Labute approximate surface area is 263 Å². The van der Waals surface area contributed by atoms with Gasteiger partial charge < -0.3 is 10.2 Å². The van der Waals surface area contributed by atoms with Crippen LogP contribution in [0.15, 0.2) is 78.2 Å². The van der Waals surface area contributed by atoms with Crippen molar-refractivity contribution in [3.05, 3.63) is 107 Å². The summed E-state index contributed by atoms with van der Waals surface area (Å²) < 4.78 is 55.0. The summed E-state index contributed by atoms with van der Waals surface area (Å²) in [6.45, 7) is 1.16. The molecule has 0 bridgehead atoms. The predicted octanol–water partition coefficient (Wildman–Crippen LogP) is 6.89. The Kier molecular flexibility index (Phi) is 8.76. The smallest absolute Gasteiger partial charge is 0.321 e. The number of anilines is 1. The number of nitriles is 1. The second-order valence-electron chi connectivity index (χ2n) is 12.5. The fourth-order valence-corrected chi connectivity index (χ4v) is 8.37. The van der Waals surface area contributed by atoms with E-state index < -0.39 is 21.7 Å². The van der Waals surface area contributed by atoms with Gasteiger partial charge in [-0.15, -0.1) is 0 Å². The van der Waals surface area contributed by atoms with Gasteiger partial charge in [0.1, 0.15) is 0 Å². The lowest BCUT2D eigenvalue weighted by Gasteiger charge is -2.40. The van der Waals surface area contributed by atoms with E-state index in [-0.39, 0.29) is 29.1 Å². The quantitative estimate of drug-likeness (QED) is 0.293. The Bertz CT molecular complexity index is 1730.